The fourth-order valence-electron chi connectivity index (χ4n) is 6.73. The Morgan fingerprint density at radius 2 is 1.45 bits per heavy atom. The van der Waals surface area contributed by atoms with Crippen LogP contribution in [0.25, 0.3) is 22.3 Å². The highest BCUT2D eigenvalue weighted by molar-refractivity contribution is 5.90. The van der Waals surface area contributed by atoms with E-state index in [4.69, 9.17) is 34.4 Å². The number of ether oxygens (including phenoxy) is 1. The van der Waals surface area contributed by atoms with Crippen LogP contribution in [0.5, 0.6) is 5.88 Å². The van der Waals surface area contributed by atoms with E-state index in [1.807, 2.05) is 23.1 Å². The van der Waals surface area contributed by atoms with E-state index in [-0.39, 0.29) is 42.3 Å². The third-order valence-electron chi connectivity index (χ3n) is 10.4. The minimum atomic E-state index is -5.08. The minimum Gasteiger partial charge on any atom is -0.475 e. The van der Waals surface area contributed by atoms with Crippen LogP contribution in [0.3, 0.4) is 0 Å². The molecule has 18 nitrogen and oxygen atoms in total. The van der Waals surface area contributed by atoms with E-state index in [0.717, 1.165) is 48.0 Å². The van der Waals surface area contributed by atoms with E-state index in [9.17, 15) is 63.1 Å². The number of aliphatic hydroxyl groups excluding tert-OH is 1. The predicted molar refractivity (Wildman–Crippen MR) is 200 cm³/mol. The van der Waals surface area contributed by atoms with Crippen LogP contribution in [0.1, 0.15) is 56.5 Å². The van der Waals surface area contributed by atoms with Gasteiger partial charge in [0, 0.05) is 73.7 Å². The largest absolute Gasteiger partial charge is 0.490 e. The lowest BCUT2D eigenvalue weighted by atomic mass is 9.82. The third-order valence-corrected chi connectivity index (χ3v) is 10.4. The number of rotatable bonds is 11. The molecule has 5 heterocycles. The number of likely N-dealkylation sites (tertiary alicyclic amines) is 1. The first-order valence-corrected chi connectivity index (χ1v) is 19.3. The molecule has 3 fully saturated rings. The number of carboxylic acid groups (broad SMARTS) is 3. The number of nitriles is 1. The van der Waals surface area contributed by atoms with E-state index in [1.54, 1.807) is 6.20 Å². The average Bonchev–Trinajstić information content (AvgIpc) is 3.55. The molecule has 0 radical (unpaired) electrons. The lowest BCUT2D eigenvalue weighted by Gasteiger charge is -2.53. The summed E-state index contributed by atoms with van der Waals surface area (Å²) in [6.45, 7) is 2.05. The van der Waals surface area contributed by atoms with Crippen molar-refractivity contribution in [3.63, 3.8) is 0 Å². The lowest BCUT2D eigenvalue weighted by Crippen LogP contribution is -2.65. The summed E-state index contributed by atoms with van der Waals surface area (Å²) in [5.41, 5.74) is 1.97. The van der Waals surface area contributed by atoms with Crippen LogP contribution in [0.4, 0.5) is 52.7 Å². The number of aromatic amines is 1. The van der Waals surface area contributed by atoms with Crippen molar-refractivity contribution in [1.29, 1.82) is 5.26 Å². The molecule has 2 aliphatic carbocycles. The van der Waals surface area contributed by atoms with Gasteiger partial charge in [0.25, 0.3) is 0 Å². The van der Waals surface area contributed by atoms with E-state index in [1.165, 1.54) is 12.4 Å². The van der Waals surface area contributed by atoms with Crippen molar-refractivity contribution in [2.75, 3.05) is 26.2 Å². The Kier molecular flexibility index (Phi) is 16.8. The first kappa shape index (κ1) is 53.3. The maximum absolute atomic E-state index is 13.6. The van der Waals surface area contributed by atoms with Gasteiger partial charge in [-0.25, -0.2) is 29.3 Å². The predicted octanol–water partition coefficient (Wildman–Crippen LogP) is 5.71. The molecule has 368 valence electrons. The molecule has 4 aromatic heterocycles. The van der Waals surface area contributed by atoms with Crippen molar-refractivity contribution in [2.45, 2.75) is 93.9 Å². The molecular formula is C37H38F12N10O8. The molecule has 0 bridgehead atoms. The van der Waals surface area contributed by atoms with Crippen molar-refractivity contribution in [1.82, 2.24) is 44.9 Å². The molecule has 0 spiro atoms. The second-order valence-electron chi connectivity index (χ2n) is 15.3. The van der Waals surface area contributed by atoms with Gasteiger partial charge in [-0.1, -0.05) is 0 Å². The molecule has 4 aromatic rings. The number of halogens is 12. The fourth-order valence-corrected chi connectivity index (χ4v) is 6.73. The molecular weight excluding hydrogens is 940 g/mol. The van der Waals surface area contributed by atoms with Crippen LogP contribution < -0.4 is 10.1 Å². The highest BCUT2D eigenvalue weighted by Crippen LogP contribution is 2.44. The topological polar surface area (TPSA) is 266 Å². The molecule has 0 unspecified atom stereocenters. The standard InChI is InChI=1S/C31H35F3N10O2.3C2HF3O2/c32-31(33,34)28-41-21(13-36-15-29(18-45)6-7-29)11-25(42-28)46-23-3-1-22(2-4-23)43-16-30(17-43,8-9-35)44-14-20(12-40-44)26-24-5-10-37-27(24)39-19-38-26;3*3-2(4,5)1(6)7/h5,10-12,14,19,22-23,36,45H,1-4,6-8,13,15-18H2,(H,37,38,39);3*(H,6,7). The zero-order valence-electron chi connectivity index (χ0n) is 34.1. The van der Waals surface area contributed by atoms with Gasteiger partial charge in [-0.15, -0.1) is 0 Å². The van der Waals surface area contributed by atoms with Crippen LogP contribution >= 0.6 is 0 Å². The van der Waals surface area contributed by atoms with Gasteiger partial charge >= 0.3 is 42.6 Å². The highest BCUT2D eigenvalue weighted by Gasteiger charge is 2.49. The van der Waals surface area contributed by atoms with Gasteiger partial charge in [0.2, 0.25) is 11.7 Å². The Balaban J connectivity index is 0.000000389. The summed E-state index contributed by atoms with van der Waals surface area (Å²) in [5.74, 6) is -9.56. The number of hydrogen-bond donors (Lipinski definition) is 6. The van der Waals surface area contributed by atoms with Crippen molar-refractivity contribution >= 4 is 28.9 Å². The third kappa shape index (κ3) is 14.8. The average molecular weight is 979 g/mol. The summed E-state index contributed by atoms with van der Waals surface area (Å²) in [7, 11) is 0. The van der Waals surface area contributed by atoms with Crippen molar-refractivity contribution in [2.24, 2.45) is 5.41 Å². The molecule has 1 aliphatic heterocycles. The van der Waals surface area contributed by atoms with Crippen LogP contribution in [0.15, 0.2) is 37.1 Å². The minimum absolute atomic E-state index is 0.0527. The molecule has 0 amide bonds. The van der Waals surface area contributed by atoms with E-state index < -0.39 is 54.0 Å². The van der Waals surface area contributed by atoms with Crippen molar-refractivity contribution in [3.8, 4) is 23.2 Å². The summed E-state index contributed by atoms with van der Waals surface area (Å²) in [6, 6.07) is 6.02. The molecule has 6 N–H and O–H groups in total. The normalized spacial score (nSPS) is 18.9. The number of carboxylic acids is 3. The summed E-state index contributed by atoms with van der Waals surface area (Å²) in [6.07, 6.45) is -8.04. The van der Waals surface area contributed by atoms with E-state index in [0.29, 0.717) is 38.9 Å². The highest BCUT2D eigenvalue weighted by atomic mass is 19.4. The molecule has 2 saturated carbocycles. The van der Waals surface area contributed by atoms with Gasteiger partial charge in [0.1, 0.15) is 23.6 Å². The number of aliphatic hydroxyl groups is 1. The number of alkyl halides is 12. The molecule has 67 heavy (non-hydrogen) atoms. The number of hydrogen-bond acceptors (Lipinski definition) is 13. The summed E-state index contributed by atoms with van der Waals surface area (Å²) < 4.78 is 144. The quantitative estimate of drug-likeness (QED) is 0.0984. The summed E-state index contributed by atoms with van der Waals surface area (Å²) in [5, 5.41) is 49.2. The Morgan fingerprint density at radius 1 is 0.881 bits per heavy atom. The maximum atomic E-state index is 13.6. The molecule has 30 heteroatoms. The zero-order chi connectivity index (χ0) is 50.2. The van der Waals surface area contributed by atoms with Crippen molar-refractivity contribution < 1.29 is 92.2 Å². The van der Waals surface area contributed by atoms with Gasteiger partial charge in [-0.3, -0.25) is 9.58 Å². The SMILES string of the molecule is N#CCC1(n2cc(-c3ncnc4[nH]ccc34)cn2)CN(C2CCC(Oc3cc(CNCC4(CO)CC4)nc(C(F)(F)F)n3)CC2)C1.O=C(O)C(F)(F)F.O=C(O)C(F)(F)F.O=C(O)C(F)(F)F. The van der Waals surface area contributed by atoms with E-state index >= 15 is 0 Å². The number of aromatic nitrogens is 7. The second kappa shape index (κ2) is 21.1. The van der Waals surface area contributed by atoms with Crippen LogP contribution in [-0.2, 0) is 32.6 Å². The molecule has 1 saturated heterocycles. The Hall–Kier alpha value is -6.35. The number of H-pyrrole nitrogens is 1. The van der Waals surface area contributed by atoms with E-state index in [2.05, 4.69) is 46.3 Å². The fraction of sp³-hybridized carbons (Fsp3) is 0.541. The number of aliphatic carboxylic acids is 3. The monoisotopic (exact) mass is 978 g/mol. The number of nitrogens with zero attached hydrogens (tertiary/aromatic N) is 8. The molecule has 7 rings (SSSR count). The lowest BCUT2D eigenvalue weighted by molar-refractivity contribution is -0.193. The zero-order valence-corrected chi connectivity index (χ0v) is 34.1. The van der Waals surface area contributed by atoms with Gasteiger partial charge in [-0.05, 0) is 44.6 Å². The molecule has 0 atom stereocenters. The van der Waals surface area contributed by atoms with Gasteiger partial charge in [-0.2, -0.15) is 68.0 Å². The number of fused-ring (bicyclic) bond motifs is 1. The van der Waals surface area contributed by atoms with Crippen LogP contribution in [0, 0.1) is 16.7 Å². The van der Waals surface area contributed by atoms with Crippen LogP contribution in [-0.4, -0.2) is 135 Å². The first-order chi connectivity index (χ1) is 31.0. The van der Waals surface area contributed by atoms with Gasteiger partial charge < -0.3 is 35.5 Å². The van der Waals surface area contributed by atoms with Gasteiger partial charge in [0.05, 0.1) is 30.1 Å². The molecule has 0 aromatic carbocycles. The maximum Gasteiger partial charge on any atom is 0.490 e. The molecule has 3 aliphatic rings. The number of nitrogens with one attached hydrogen (secondary N) is 2. The number of carbonyl (C=O) groups is 3. The summed E-state index contributed by atoms with van der Waals surface area (Å²) in [4.78, 5) is 48.3. The van der Waals surface area contributed by atoms with Crippen LogP contribution in [0.2, 0.25) is 0 Å². The summed E-state index contributed by atoms with van der Waals surface area (Å²) >= 11 is 0. The Labute approximate surface area is 368 Å². The van der Waals surface area contributed by atoms with Gasteiger partial charge in [0.15, 0.2) is 0 Å². The Bertz CT molecular complexity index is 2310. The first-order valence-electron chi connectivity index (χ1n) is 19.3. The smallest absolute Gasteiger partial charge is 0.475 e. The second-order valence-corrected chi connectivity index (χ2v) is 15.3. The Morgan fingerprint density at radius 3 is 1.94 bits per heavy atom. The van der Waals surface area contributed by atoms with Crippen molar-refractivity contribution in [3.05, 3.63) is 48.6 Å².